The van der Waals surface area contributed by atoms with E-state index >= 15 is 0 Å². The third kappa shape index (κ3) is 5.31. The number of carbonyl (C=O) groups is 1. The lowest BCUT2D eigenvalue weighted by molar-refractivity contribution is -0.136. The summed E-state index contributed by atoms with van der Waals surface area (Å²) in [6, 6.07) is 11.0. The monoisotopic (exact) mass is 334 g/mol. The number of halogens is 3. The molecule has 0 aromatic heterocycles. The van der Waals surface area contributed by atoms with E-state index in [-0.39, 0.29) is 12.2 Å². The molecule has 0 atom stereocenters. The maximum absolute atomic E-state index is 12.6. The van der Waals surface area contributed by atoms with Crippen molar-refractivity contribution in [2.75, 3.05) is 0 Å². The lowest BCUT2D eigenvalue weighted by Crippen LogP contribution is -1.99. The van der Waals surface area contributed by atoms with Crippen LogP contribution in [-0.2, 0) is 11.2 Å². The molecule has 24 heavy (non-hydrogen) atoms. The highest BCUT2D eigenvalue weighted by atomic mass is 19.3. The Morgan fingerprint density at radius 2 is 1.42 bits per heavy atom. The Balaban J connectivity index is 2.01. The van der Waals surface area contributed by atoms with E-state index in [4.69, 9.17) is 5.11 Å². The van der Waals surface area contributed by atoms with Gasteiger partial charge in [0.2, 0.25) is 0 Å². The summed E-state index contributed by atoms with van der Waals surface area (Å²) in [5, 5.41) is 8.70. The van der Waals surface area contributed by atoms with Crippen molar-refractivity contribution in [3.63, 3.8) is 0 Å². The first-order valence-electron chi connectivity index (χ1n) is 6.91. The van der Waals surface area contributed by atoms with E-state index in [1.54, 1.807) is 42.5 Å². The predicted octanol–water partition coefficient (Wildman–Crippen LogP) is 4.90. The lowest BCUT2D eigenvalue weighted by atomic mass is 10.1. The van der Waals surface area contributed by atoms with Gasteiger partial charge in [-0.05, 0) is 28.8 Å². The Kier molecular flexibility index (Phi) is 5.78. The Labute approximate surface area is 136 Å². The second-order valence-electron chi connectivity index (χ2n) is 4.85. The molecule has 6 heteroatoms. The van der Waals surface area contributed by atoms with Gasteiger partial charge in [-0.15, -0.1) is 0 Å². The standard InChI is InChI=1S/C18H13F3O3/c19-17(20)18(21)24-15-9-7-13(8-10-15)2-1-12-3-5-14(6-4-12)11-16(22)23/h1-10H,11H2,(H,22,23). The number of hydrogen-bond acceptors (Lipinski definition) is 2. The normalized spacial score (nSPS) is 10.6. The zero-order valence-corrected chi connectivity index (χ0v) is 12.4. The first kappa shape index (κ1) is 17.3. The summed E-state index contributed by atoms with van der Waals surface area (Å²) < 4.78 is 40.9. The third-order valence-corrected chi connectivity index (χ3v) is 3.04. The van der Waals surface area contributed by atoms with Gasteiger partial charge in [-0.25, -0.2) is 0 Å². The van der Waals surface area contributed by atoms with Crippen molar-refractivity contribution < 1.29 is 27.8 Å². The topological polar surface area (TPSA) is 46.5 Å². The van der Waals surface area contributed by atoms with Gasteiger partial charge in [0.15, 0.2) is 0 Å². The molecule has 0 saturated carbocycles. The van der Waals surface area contributed by atoms with Gasteiger partial charge in [0.1, 0.15) is 5.75 Å². The molecule has 0 bridgehead atoms. The first-order valence-corrected chi connectivity index (χ1v) is 6.91. The van der Waals surface area contributed by atoms with Crippen LogP contribution in [0.4, 0.5) is 13.2 Å². The molecule has 124 valence electrons. The minimum Gasteiger partial charge on any atom is -0.481 e. The molecule has 3 nitrogen and oxygen atoms in total. The van der Waals surface area contributed by atoms with E-state index in [1.807, 2.05) is 6.08 Å². The molecule has 2 aromatic carbocycles. The third-order valence-electron chi connectivity index (χ3n) is 3.04. The smallest absolute Gasteiger partial charge is 0.344 e. The molecular formula is C18H13F3O3. The largest absolute Gasteiger partial charge is 0.481 e. The quantitative estimate of drug-likeness (QED) is 0.604. The second kappa shape index (κ2) is 8.01. The molecule has 0 spiro atoms. The lowest BCUT2D eigenvalue weighted by Gasteiger charge is -2.02. The molecule has 0 radical (unpaired) electrons. The molecule has 0 aliphatic carbocycles. The van der Waals surface area contributed by atoms with Crippen molar-refractivity contribution in [2.45, 2.75) is 6.42 Å². The van der Waals surface area contributed by atoms with Gasteiger partial charge in [0, 0.05) is 0 Å². The molecule has 2 aromatic rings. The van der Waals surface area contributed by atoms with Gasteiger partial charge in [-0.1, -0.05) is 48.6 Å². The number of benzene rings is 2. The number of hydrogen-bond donors (Lipinski definition) is 1. The predicted molar refractivity (Wildman–Crippen MR) is 84.1 cm³/mol. The van der Waals surface area contributed by atoms with E-state index in [0.29, 0.717) is 5.56 Å². The molecule has 1 N–H and O–H groups in total. The Morgan fingerprint density at radius 3 is 1.88 bits per heavy atom. The number of rotatable bonds is 6. The van der Waals surface area contributed by atoms with Crippen molar-refractivity contribution in [2.24, 2.45) is 0 Å². The average Bonchev–Trinajstić information content (AvgIpc) is 2.55. The summed E-state index contributed by atoms with van der Waals surface area (Å²) in [5.74, 6) is -0.921. The Bertz CT molecular complexity index is 759. The summed E-state index contributed by atoms with van der Waals surface area (Å²) in [5.41, 5.74) is 2.34. The van der Waals surface area contributed by atoms with Gasteiger partial charge in [-0.3, -0.25) is 4.79 Å². The van der Waals surface area contributed by atoms with Crippen LogP contribution in [0.15, 0.2) is 60.6 Å². The molecule has 0 unspecified atom stereocenters. The number of carboxylic acids is 1. The maximum atomic E-state index is 12.6. The van der Waals surface area contributed by atoms with Crippen molar-refractivity contribution in [3.8, 4) is 5.75 Å². The van der Waals surface area contributed by atoms with Crippen LogP contribution in [-0.4, -0.2) is 11.1 Å². The Morgan fingerprint density at radius 1 is 0.917 bits per heavy atom. The minimum absolute atomic E-state index is 0.0318. The fourth-order valence-electron chi connectivity index (χ4n) is 1.90. The second-order valence-corrected chi connectivity index (χ2v) is 4.85. The summed E-state index contributed by atoms with van der Waals surface area (Å²) in [6.45, 7) is 0. The molecule has 0 heterocycles. The highest BCUT2D eigenvalue weighted by molar-refractivity contribution is 5.72. The van der Waals surface area contributed by atoms with Crippen molar-refractivity contribution >= 4 is 18.1 Å². The Hall–Kier alpha value is -3.02. The highest BCUT2D eigenvalue weighted by Crippen LogP contribution is 2.20. The van der Waals surface area contributed by atoms with Crippen molar-refractivity contribution in [3.05, 3.63) is 77.3 Å². The van der Waals surface area contributed by atoms with Gasteiger partial charge in [0.05, 0.1) is 6.42 Å². The zero-order valence-electron chi connectivity index (χ0n) is 12.4. The van der Waals surface area contributed by atoms with Crippen LogP contribution in [0.1, 0.15) is 16.7 Å². The van der Waals surface area contributed by atoms with Crippen LogP contribution in [0.3, 0.4) is 0 Å². The summed E-state index contributed by atoms with van der Waals surface area (Å²) in [7, 11) is 0. The molecule has 0 fully saturated rings. The minimum atomic E-state index is -2.51. The molecular weight excluding hydrogens is 321 g/mol. The van der Waals surface area contributed by atoms with E-state index in [9.17, 15) is 18.0 Å². The molecule has 0 aliphatic heterocycles. The molecule has 0 saturated heterocycles. The number of ether oxygens (including phenoxy) is 1. The van der Waals surface area contributed by atoms with Crippen LogP contribution >= 0.6 is 0 Å². The van der Waals surface area contributed by atoms with Crippen LogP contribution in [0, 0.1) is 0 Å². The van der Waals surface area contributed by atoms with Gasteiger partial charge < -0.3 is 9.84 Å². The van der Waals surface area contributed by atoms with E-state index in [1.165, 1.54) is 12.1 Å². The zero-order chi connectivity index (χ0) is 17.5. The van der Waals surface area contributed by atoms with Crippen LogP contribution < -0.4 is 4.74 Å². The maximum Gasteiger partial charge on any atom is 0.344 e. The SMILES string of the molecule is O=C(O)Cc1ccc(C=Cc2ccc(OC(F)=C(F)F)cc2)cc1. The fraction of sp³-hybridized carbons (Fsp3) is 0.0556. The van der Waals surface area contributed by atoms with E-state index in [2.05, 4.69) is 4.74 Å². The van der Waals surface area contributed by atoms with Crippen molar-refractivity contribution in [1.82, 2.24) is 0 Å². The summed E-state index contributed by atoms with van der Waals surface area (Å²) >= 11 is 0. The molecule has 0 amide bonds. The van der Waals surface area contributed by atoms with Gasteiger partial charge >= 0.3 is 18.1 Å². The molecule has 0 aliphatic rings. The van der Waals surface area contributed by atoms with E-state index in [0.717, 1.165) is 11.1 Å². The van der Waals surface area contributed by atoms with Crippen molar-refractivity contribution in [1.29, 1.82) is 0 Å². The van der Waals surface area contributed by atoms with Crippen LogP contribution in [0.2, 0.25) is 0 Å². The number of carboxylic acid groups (broad SMARTS) is 1. The number of aliphatic carboxylic acids is 1. The first-order chi connectivity index (χ1) is 11.4. The average molecular weight is 334 g/mol. The molecule has 2 rings (SSSR count). The van der Waals surface area contributed by atoms with Gasteiger partial charge in [0.25, 0.3) is 0 Å². The van der Waals surface area contributed by atoms with Crippen LogP contribution in [0.25, 0.3) is 12.2 Å². The fourth-order valence-corrected chi connectivity index (χ4v) is 1.90. The van der Waals surface area contributed by atoms with E-state index < -0.39 is 18.1 Å². The highest BCUT2D eigenvalue weighted by Gasteiger charge is 2.07. The van der Waals surface area contributed by atoms with Crippen LogP contribution in [0.5, 0.6) is 5.75 Å². The summed E-state index contributed by atoms with van der Waals surface area (Å²) in [6.07, 6.45) is 1.04. The van der Waals surface area contributed by atoms with Gasteiger partial charge in [-0.2, -0.15) is 13.2 Å². The summed E-state index contributed by atoms with van der Waals surface area (Å²) in [4.78, 5) is 10.6.